The molecule has 0 heterocycles. The van der Waals surface area contributed by atoms with Crippen LogP contribution in [0.4, 0.5) is 0 Å². The highest BCUT2D eigenvalue weighted by Crippen LogP contribution is 2.01. The Hall–Kier alpha value is -0.120. The van der Waals surface area contributed by atoms with Crippen molar-refractivity contribution in [3.8, 4) is 0 Å². The fourth-order valence-corrected chi connectivity index (χ4v) is 1.43. The standard InChI is InChI=1S/C11H25NO2/c1-4-8-12-11(10-14-3)7-5-6-9-13-2/h11-12H,4-10H2,1-3H3. The first-order valence-corrected chi connectivity index (χ1v) is 5.56. The summed E-state index contributed by atoms with van der Waals surface area (Å²) in [4.78, 5) is 0. The Morgan fingerprint density at radius 2 is 1.93 bits per heavy atom. The molecule has 0 aliphatic carbocycles. The van der Waals surface area contributed by atoms with Crippen molar-refractivity contribution in [2.75, 3.05) is 34.0 Å². The highest BCUT2D eigenvalue weighted by atomic mass is 16.5. The highest BCUT2D eigenvalue weighted by Gasteiger charge is 2.05. The second kappa shape index (κ2) is 11.0. The first-order chi connectivity index (χ1) is 6.85. The maximum Gasteiger partial charge on any atom is 0.0615 e. The summed E-state index contributed by atoms with van der Waals surface area (Å²) < 4.78 is 10.2. The van der Waals surface area contributed by atoms with Crippen LogP contribution in [0.1, 0.15) is 32.6 Å². The molecule has 3 nitrogen and oxygen atoms in total. The zero-order chi connectivity index (χ0) is 10.6. The number of nitrogens with one attached hydrogen (secondary N) is 1. The lowest BCUT2D eigenvalue weighted by atomic mass is 10.1. The lowest BCUT2D eigenvalue weighted by molar-refractivity contribution is 0.156. The van der Waals surface area contributed by atoms with E-state index >= 15 is 0 Å². The van der Waals surface area contributed by atoms with E-state index < -0.39 is 0 Å². The lowest BCUT2D eigenvalue weighted by Gasteiger charge is -2.17. The molecule has 0 aromatic rings. The monoisotopic (exact) mass is 203 g/mol. The normalized spacial score (nSPS) is 13.1. The topological polar surface area (TPSA) is 30.5 Å². The molecular weight excluding hydrogens is 178 g/mol. The average molecular weight is 203 g/mol. The SMILES string of the molecule is CCCNC(CCCCOC)COC. The largest absolute Gasteiger partial charge is 0.385 e. The molecule has 0 saturated heterocycles. The van der Waals surface area contributed by atoms with Crippen LogP contribution in [0.3, 0.4) is 0 Å². The van der Waals surface area contributed by atoms with Crippen molar-refractivity contribution in [2.24, 2.45) is 0 Å². The van der Waals surface area contributed by atoms with Gasteiger partial charge in [-0.05, 0) is 32.2 Å². The molecule has 0 amide bonds. The summed E-state index contributed by atoms with van der Waals surface area (Å²) in [5.74, 6) is 0. The fraction of sp³-hybridized carbons (Fsp3) is 1.00. The van der Waals surface area contributed by atoms with Gasteiger partial charge in [0.25, 0.3) is 0 Å². The van der Waals surface area contributed by atoms with Crippen molar-refractivity contribution < 1.29 is 9.47 Å². The Bertz CT molecular complexity index is 109. The third-order valence-corrected chi connectivity index (χ3v) is 2.20. The number of rotatable bonds is 10. The number of unbranched alkanes of at least 4 members (excludes halogenated alkanes) is 1. The van der Waals surface area contributed by atoms with E-state index in [1.165, 1.54) is 19.3 Å². The van der Waals surface area contributed by atoms with Crippen LogP contribution in [0.2, 0.25) is 0 Å². The van der Waals surface area contributed by atoms with Gasteiger partial charge in [-0.15, -0.1) is 0 Å². The zero-order valence-corrected chi connectivity index (χ0v) is 9.84. The van der Waals surface area contributed by atoms with Crippen molar-refractivity contribution in [3.63, 3.8) is 0 Å². The Morgan fingerprint density at radius 3 is 2.50 bits per heavy atom. The third-order valence-electron chi connectivity index (χ3n) is 2.20. The first-order valence-electron chi connectivity index (χ1n) is 5.56. The van der Waals surface area contributed by atoms with Crippen molar-refractivity contribution in [2.45, 2.75) is 38.6 Å². The number of hydrogen-bond acceptors (Lipinski definition) is 3. The zero-order valence-electron chi connectivity index (χ0n) is 9.84. The van der Waals surface area contributed by atoms with Crippen molar-refractivity contribution in [1.29, 1.82) is 0 Å². The summed E-state index contributed by atoms with van der Waals surface area (Å²) in [6, 6.07) is 0.511. The van der Waals surface area contributed by atoms with Crippen LogP contribution in [0.5, 0.6) is 0 Å². The van der Waals surface area contributed by atoms with Gasteiger partial charge in [-0.2, -0.15) is 0 Å². The molecule has 0 aromatic heterocycles. The maximum atomic E-state index is 5.16. The summed E-state index contributed by atoms with van der Waals surface area (Å²) in [5.41, 5.74) is 0. The van der Waals surface area contributed by atoms with Gasteiger partial charge >= 0.3 is 0 Å². The van der Waals surface area contributed by atoms with Crippen LogP contribution in [-0.2, 0) is 9.47 Å². The van der Waals surface area contributed by atoms with Gasteiger partial charge in [-0.3, -0.25) is 0 Å². The third kappa shape index (κ3) is 8.48. The molecule has 1 N–H and O–H groups in total. The summed E-state index contributed by atoms with van der Waals surface area (Å²) in [6.07, 6.45) is 4.71. The van der Waals surface area contributed by atoms with Crippen LogP contribution >= 0.6 is 0 Å². The molecule has 1 unspecified atom stereocenters. The van der Waals surface area contributed by atoms with E-state index in [0.717, 1.165) is 26.2 Å². The van der Waals surface area contributed by atoms with Gasteiger partial charge in [0, 0.05) is 26.9 Å². The molecule has 1 atom stereocenters. The molecule has 0 fully saturated rings. The van der Waals surface area contributed by atoms with E-state index in [1.54, 1.807) is 14.2 Å². The Labute approximate surface area is 88.2 Å². The van der Waals surface area contributed by atoms with Gasteiger partial charge in [0.05, 0.1) is 6.61 Å². The average Bonchev–Trinajstić information content (AvgIpc) is 2.20. The van der Waals surface area contributed by atoms with E-state index in [4.69, 9.17) is 9.47 Å². The molecule has 0 saturated carbocycles. The van der Waals surface area contributed by atoms with Crippen LogP contribution in [-0.4, -0.2) is 40.0 Å². The van der Waals surface area contributed by atoms with Crippen molar-refractivity contribution in [3.05, 3.63) is 0 Å². The van der Waals surface area contributed by atoms with Gasteiger partial charge in [0.15, 0.2) is 0 Å². The van der Waals surface area contributed by atoms with Crippen molar-refractivity contribution >= 4 is 0 Å². The minimum absolute atomic E-state index is 0.511. The molecule has 0 rings (SSSR count). The smallest absolute Gasteiger partial charge is 0.0615 e. The fourth-order valence-electron chi connectivity index (χ4n) is 1.43. The second-order valence-electron chi connectivity index (χ2n) is 3.59. The first kappa shape index (κ1) is 13.9. The molecule has 3 heteroatoms. The molecule has 0 bridgehead atoms. The number of hydrogen-bond donors (Lipinski definition) is 1. The highest BCUT2D eigenvalue weighted by molar-refractivity contribution is 4.65. The minimum Gasteiger partial charge on any atom is -0.385 e. The lowest BCUT2D eigenvalue weighted by Crippen LogP contribution is -2.33. The molecule has 0 aliphatic heterocycles. The minimum atomic E-state index is 0.511. The molecule has 86 valence electrons. The summed E-state index contributed by atoms with van der Waals surface area (Å²) in [7, 11) is 3.51. The second-order valence-corrected chi connectivity index (χ2v) is 3.59. The summed E-state index contributed by atoms with van der Waals surface area (Å²) in [6.45, 7) is 4.94. The Balaban J connectivity index is 3.40. The molecule has 0 radical (unpaired) electrons. The van der Waals surface area contributed by atoms with Gasteiger partial charge in [0.1, 0.15) is 0 Å². The number of methoxy groups -OCH3 is 2. The molecular formula is C11H25NO2. The van der Waals surface area contributed by atoms with Crippen LogP contribution in [0.25, 0.3) is 0 Å². The Morgan fingerprint density at radius 1 is 1.14 bits per heavy atom. The summed E-state index contributed by atoms with van der Waals surface area (Å²) >= 11 is 0. The predicted octanol–water partition coefficient (Wildman–Crippen LogP) is 1.82. The van der Waals surface area contributed by atoms with E-state index in [2.05, 4.69) is 12.2 Å². The maximum absolute atomic E-state index is 5.16. The van der Waals surface area contributed by atoms with Gasteiger partial charge in [-0.1, -0.05) is 6.92 Å². The number of ether oxygens (including phenoxy) is 2. The molecule has 0 spiro atoms. The van der Waals surface area contributed by atoms with E-state index in [0.29, 0.717) is 6.04 Å². The van der Waals surface area contributed by atoms with Crippen molar-refractivity contribution in [1.82, 2.24) is 5.32 Å². The van der Waals surface area contributed by atoms with E-state index in [-0.39, 0.29) is 0 Å². The van der Waals surface area contributed by atoms with Gasteiger partial charge < -0.3 is 14.8 Å². The van der Waals surface area contributed by atoms with Crippen LogP contribution in [0, 0.1) is 0 Å². The quantitative estimate of drug-likeness (QED) is 0.549. The van der Waals surface area contributed by atoms with E-state index in [9.17, 15) is 0 Å². The Kier molecular flexibility index (Phi) is 10.9. The van der Waals surface area contributed by atoms with Gasteiger partial charge in [0.2, 0.25) is 0 Å². The predicted molar refractivity (Wildman–Crippen MR) is 59.7 cm³/mol. The van der Waals surface area contributed by atoms with Crippen LogP contribution < -0.4 is 5.32 Å². The molecule has 0 aromatic carbocycles. The van der Waals surface area contributed by atoms with Gasteiger partial charge in [-0.25, -0.2) is 0 Å². The summed E-state index contributed by atoms with van der Waals surface area (Å²) in [5, 5.41) is 3.48. The molecule has 0 aliphatic rings. The molecule has 14 heavy (non-hydrogen) atoms. The van der Waals surface area contributed by atoms with E-state index in [1.807, 2.05) is 0 Å². The van der Waals surface area contributed by atoms with Crippen LogP contribution in [0.15, 0.2) is 0 Å².